The van der Waals surface area contributed by atoms with Gasteiger partial charge >= 0.3 is 52.6 Å². The van der Waals surface area contributed by atoms with Crippen molar-refractivity contribution < 1.29 is 49.4 Å². The van der Waals surface area contributed by atoms with Gasteiger partial charge in [-0.2, -0.15) is 0 Å². The molecular formula is C20H38MgNaO4+. The van der Waals surface area contributed by atoms with Gasteiger partial charge in [0.25, 0.3) is 0 Å². The Balaban J connectivity index is -0.000000363. The molecule has 0 radical (unpaired) electrons. The minimum atomic E-state index is -1.08. The first-order valence-corrected chi connectivity index (χ1v) is 9.88. The summed E-state index contributed by atoms with van der Waals surface area (Å²) in [5.41, 5.74) is 0. The molecule has 0 heterocycles. The number of rotatable bonds is 16. The Hall–Kier alpha value is 0.706. The first-order valence-electron chi connectivity index (χ1n) is 9.88. The van der Waals surface area contributed by atoms with E-state index < -0.39 is 11.9 Å². The Labute approximate surface area is 199 Å². The second-order valence-electron chi connectivity index (χ2n) is 6.56. The Morgan fingerprint density at radius 3 is 1.08 bits per heavy atom. The standard InChI is InChI=1S/C18H36O2.C2H4O2.Mg.Na/c1-2-3-4-5-6-7-8-9-10-11-12-13-14-15-16-17-18(19)20;1-2(3)4;;/h2-17H2,1H3,(H,19,20);1H3,(H,3,4);;/q;;+2;+1/p-2. The smallest absolute Gasteiger partial charge is 0.550 e. The summed E-state index contributed by atoms with van der Waals surface area (Å²) >= 11 is 0. The van der Waals surface area contributed by atoms with Gasteiger partial charge in [0.05, 0.1) is 0 Å². The number of hydrogen-bond acceptors (Lipinski definition) is 4. The first-order chi connectivity index (χ1) is 11.5. The number of unbranched alkanes of at least 4 members (excludes halogenated alkanes) is 14. The van der Waals surface area contributed by atoms with Gasteiger partial charge in [0.15, 0.2) is 0 Å². The van der Waals surface area contributed by atoms with Crippen molar-refractivity contribution in [3.63, 3.8) is 0 Å². The molecule has 0 aromatic rings. The van der Waals surface area contributed by atoms with Gasteiger partial charge < -0.3 is 19.8 Å². The molecule has 0 bridgehead atoms. The molecule has 6 heteroatoms. The van der Waals surface area contributed by atoms with E-state index in [1.54, 1.807) is 0 Å². The number of carboxylic acid groups (broad SMARTS) is 2. The predicted molar refractivity (Wildman–Crippen MR) is 101 cm³/mol. The van der Waals surface area contributed by atoms with E-state index in [-0.39, 0.29) is 59.0 Å². The van der Waals surface area contributed by atoms with Crippen LogP contribution in [0.4, 0.5) is 0 Å². The molecule has 0 aliphatic rings. The van der Waals surface area contributed by atoms with Crippen molar-refractivity contribution in [2.75, 3.05) is 0 Å². The van der Waals surface area contributed by atoms with Gasteiger partial charge in [0.1, 0.15) is 0 Å². The maximum absolute atomic E-state index is 10.2. The van der Waals surface area contributed by atoms with Crippen molar-refractivity contribution >= 4 is 35.0 Å². The molecule has 0 aromatic carbocycles. The van der Waals surface area contributed by atoms with Crippen molar-refractivity contribution in [1.29, 1.82) is 0 Å². The molecule has 0 unspecified atom stereocenters. The van der Waals surface area contributed by atoms with E-state index in [4.69, 9.17) is 9.90 Å². The maximum atomic E-state index is 10.2. The molecule has 0 atom stereocenters. The van der Waals surface area contributed by atoms with Crippen molar-refractivity contribution in [3.8, 4) is 0 Å². The third-order valence-electron chi connectivity index (χ3n) is 3.98. The molecule has 0 amide bonds. The van der Waals surface area contributed by atoms with Crippen LogP contribution >= 0.6 is 0 Å². The summed E-state index contributed by atoms with van der Waals surface area (Å²) in [4.78, 5) is 19.1. The van der Waals surface area contributed by atoms with Crippen LogP contribution in [0.25, 0.3) is 0 Å². The average Bonchev–Trinajstić information content (AvgIpc) is 2.50. The molecule has 0 N–H and O–H groups in total. The molecule has 4 nitrogen and oxygen atoms in total. The summed E-state index contributed by atoms with van der Waals surface area (Å²) in [6.45, 7) is 3.24. The van der Waals surface area contributed by atoms with Crippen LogP contribution in [0.5, 0.6) is 0 Å². The number of carbonyl (C=O) groups excluding carboxylic acids is 2. The fourth-order valence-corrected chi connectivity index (χ4v) is 2.64. The molecule has 144 valence electrons. The van der Waals surface area contributed by atoms with Gasteiger partial charge in [0.2, 0.25) is 0 Å². The van der Waals surface area contributed by atoms with Crippen LogP contribution in [0.3, 0.4) is 0 Å². The van der Waals surface area contributed by atoms with Crippen LogP contribution in [0.15, 0.2) is 0 Å². The maximum Gasteiger partial charge on any atom is 2.00 e. The van der Waals surface area contributed by atoms with Crippen LogP contribution in [0, 0.1) is 0 Å². The van der Waals surface area contributed by atoms with E-state index >= 15 is 0 Å². The topological polar surface area (TPSA) is 80.3 Å². The zero-order valence-corrected chi connectivity index (χ0v) is 21.1. The molecule has 0 spiro atoms. The largest absolute Gasteiger partial charge is 2.00 e. The second kappa shape index (κ2) is 30.4. The fourth-order valence-electron chi connectivity index (χ4n) is 2.64. The molecule has 0 saturated carbocycles. The van der Waals surface area contributed by atoms with E-state index in [0.29, 0.717) is 0 Å². The quantitative estimate of drug-likeness (QED) is 0.282. The molecule has 0 saturated heterocycles. The summed E-state index contributed by atoms with van der Waals surface area (Å²) in [6.07, 6.45) is 19.9. The number of hydrogen-bond donors (Lipinski definition) is 0. The van der Waals surface area contributed by atoms with E-state index in [2.05, 4.69) is 6.92 Å². The van der Waals surface area contributed by atoms with Crippen molar-refractivity contribution in [2.45, 2.75) is 117 Å². The SMILES string of the molecule is CC(=O)[O-].CCCCCCCCCCCCCCCCCC(=O)[O-].[Mg+2].[Na+]. The summed E-state index contributed by atoms with van der Waals surface area (Å²) in [5.74, 6) is -1.99. The molecule has 26 heavy (non-hydrogen) atoms. The van der Waals surface area contributed by atoms with Gasteiger partial charge in [-0.05, 0) is 19.8 Å². The van der Waals surface area contributed by atoms with Gasteiger partial charge in [-0.1, -0.05) is 96.8 Å². The average molecular weight is 390 g/mol. The van der Waals surface area contributed by atoms with Gasteiger partial charge in [-0.15, -0.1) is 0 Å². The summed E-state index contributed by atoms with van der Waals surface area (Å²) in [7, 11) is 0. The van der Waals surface area contributed by atoms with Crippen molar-refractivity contribution in [3.05, 3.63) is 0 Å². The van der Waals surface area contributed by atoms with Gasteiger partial charge in [0, 0.05) is 11.9 Å². The Morgan fingerprint density at radius 1 is 0.615 bits per heavy atom. The minimum Gasteiger partial charge on any atom is -0.550 e. The van der Waals surface area contributed by atoms with E-state index in [9.17, 15) is 9.90 Å². The Bertz CT molecular complexity index is 285. The second-order valence-corrected chi connectivity index (χ2v) is 6.56. The first kappa shape index (κ1) is 34.2. The fraction of sp³-hybridized carbons (Fsp3) is 0.900. The third-order valence-corrected chi connectivity index (χ3v) is 3.98. The Morgan fingerprint density at radius 2 is 0.846 bits per heavy atom. The number of carboxylic acids is 2. The number of carbonyl (C=O) groups is 2. The summed E-state index contributed by atoms with van der Waals surface area (Å²) in [5, 5.41) is 19.1. The number of aliphatic carboxylic acids is 2. The van der Waals surface area contributed by atoms with E-state index in [0.717, 1.165) is 19.8 Å². The molecule has 0 fully saturated rings. The predicted octanol–water partition coefficient (Wildman–Crippen LogP) is 0.377. The van der Waals surface area contributed by atoms with Gasteiger partial charge in [-0.3, -0.25) is 0 Å². The van der Waals surface area contributed by atoms with E-state index in [1.807, 2.05) is 0 Å². The zero-order valence-electron chi connectivity index (χ0n) is 17.7. The monoisotopic (exact) mass is 389 g/mol. The summed E-state index contributed by atoms with van der Waals surface area (Å²) < 4.78 is 0. The van der Waals surface area contributed by atoms with Crippen molar-refractivity contribution in [1.82, 2.24) is 0 Å². The third kappa shape index (κ3) is 44.3. The zero-order chi connectivity index (χ0) is 18.5. The Kier molecular flexibility index (Phi) is 40.1. The molecule has 0 rings (SSSR count). The van der Waals surface area contributed by atoms with Crippen LogP contribution in [-0.4, -0.2) is 35.0 Å². The summed E-state index contributed by atoms with van der Waals surface area (Å²) in [6, 6.07) is 0. The molecular weight excluding hydrogens is 352 g/mol. The minimum absolute atomic E-state index is 0. The molecule has 0 aliphatic heterocycles. The molecule has 0 aromatic heterocycles. The van der Waals surface area contributed by atoms with Crippen LogP contribution in [0.1, 0.15) is 117 Å². The van der Waals surface area contributed by atoms with Crippen LogP contribution < -0.4 is 39.8 Å². The normalized spacial score (nSPS) is 9.31. The molecule has 0 aliphatic carbocycles. The van der Waals surface area contributed by atoms with Crippen LogP contribution in [-0.2, 0) is 9.59 Å². The van der Waals surface area contributed by atoms with Crippen molar-refractivity contribution in [2.24, 2.45) is 0 Å². The van der Waals surface area contributed by atoms with Gasteiger partial charge in [-0.25, -0.2) is 0 Å². The van der Waals surface area contributed by atoms with E-state index in [1.165, 1.54) is 83.5 Å². The van der Waals surface area contributed by atoms with Crippen LogP contribution in [0.2, 0.25) is 0 Å².